The molecule has 0 radical (unpaired) electrons. The van der Waals surface area contributed by atoms with Crippen molar-refractivity contribution in [1.82, 2.24) is 14.8 Å². The minimum absolute atomic E-state index is 0.164. The number of carbonyl (C=O) groups excluding carboxylic acids is 1. The fourth-order valence-corrected chi connectivity index (χ4v) is 3.07. The molecular formula is C16H21N3O. The van der Waals surface area contributed by atoms with Crippen LogP contribution in [0.1, 0.15) is 23.2 Å². The van der Waals surface area contributed by atoms with Crippen LogP contribution in [0, 0.1) is 0 Å². The molecule has 0 spiro atoms. The van der Waals surface area contributed by atoms with E-state index in [9.17, 15) is 4.79 Å². The summed E-state index contributed by atoms with van der Waals surface area (Å²) in [5.74, 6) is 0.164. The van der Waals surface area contributed by atoms with Gasteiger partial charge in [0.05, 0.1) is 0 Å². The summed E-state index contributed by atoms with van der Waals surface area (Å²) in [6.07, 6.45) is 4.12. The van der Waals surface area contributed by atoms with Gasteiger partial charge in [0.2, 0.25) is 0 Å². The average molecular weight is 271 g/mol. The Bertz CT molecular complexity index is 617. The van der Waals surface area contributed by atoms with Gasteiger partial charge in [0.25, 0.3) is 5.91 Å². The van der Waals surface area contributed by atoms with Gasteiger partial charge in [-0.25, -0.2) is 0 Å². The topological polar surface area (TPSA) is 39.3 Å². The second-order valence-corrected chi connectivity index (χ2v) is 5.84. The molecule has 4 heteroatoms. The van der Waals surface area contributed by atoms with Crippen LogP contribution in [-0.2, 0) is 0 Å². The predicted octanol–water partition coefficient (Wildman–Crippen LogP) is 2.33. The summed E-state index contributed by atoms with van der Waals surface area (Å²) in [5.41, 5.74) is 1.87. The number of H-pyrrole nitrogens is 1. The van der Waals surface area contributed by atoms with Gasteiger partial charge in [-0.15, -0.1) is 0 Å². The molecule has 106 valence electrons. The summed E-state index contributed by atoms with van der Waals surface area (Å²) in [4.78, 5) is 20.1. The number of likely N-dealkylation sites (N-methyl/N-ethyl adjacent to an activating group) is 1. The van der Waals surface area contributed by atoms with Crippen molar-refractivity contribution in [2.24, 2.45) is 0 Å². The van der Waals surface area contributed by atoms with E-state index in [0.29, 0.717) is 6.04 Å². The SMILES string of the molecule is CN(C)CC1CCCN1C(=O)c1ccc2[nH]ccc2c1. The van der Waals surface area contributed by atoms with Crippen LogP contribution in [0.5, 0.6) is 0 Å². The molecule has 3 rings (SSSR count). The Balaban J connectivity index is 1.83. The first-order valence-corrected chi connectivity index (χ1v) is 7.18. The van der Waals surface area contributed by atoms with Gasteiger partial charge in [-0.2, -0.15) is 0 Å². The largest absolute Gasteiger partial charge is 0.361 e. The molecule has 1 aromatic carbocycles. The number of rotatable bonds is 3. The van der Waals surface area contributed by atoms with Gasteiger partial charge in [0.15, 0.2) is 0 Å². The third-order valence-corrected chi connectivity index (χ3v) is 4.01. The maximum atomic E-state index is 12.7. The first-order chi connectivity index (χ1) is 9.65. The Morgan fingerprint density at radius 2 is 2.25 bits per heavy atom. The zero-order valence-electron chi connectivity index (χ0n) is 12.1. The number of likely N-dealkylation sites (tertiary alicyclic amines) is 1. The third kappa shape index (κ3) is 2.43. The number of hydrogen-bond donors (Lipinski definition) is 1. The lowest BCUT2D eigenvalue weighted by Crippen LogP contribution is -2.41. The highest BCUT2D eigenvalue weighted by atomic mass is 16.2. The average Bonchev–Trinajstić information content (AvgIpc) is 3.04. The van der Waals surface area contributed by atoms with Crippen molar-refractivity contribution in [3.8, 4) is 0 Å². The Labute approximate surface area is 119 Å². The Hall–Kier alpha value is -1.81. The van der Waals surface area contributed by atoms with Crippen LogP contribution in [0.2, 0.25) is 0 Å². The van der Waals surface area contributed by atoms with E-state index in [1.54, 1.807) is 0 Å². The highest BCUT2D eigenvalue weighted by Gasteiger charge is 2.29. The summed E-state index contributed by atoms with van der Waals surface area (Å²) in [5, 5.41) is 1.10. The molecule has 1 aliphatic heterocycles. The zero-order chi connectivity index (χ0) is 14.1. The van der Waals surface area contributed by atoms with Gasteiger partial charge in [0.1, 0.15) is 0 Å². The van der Waals surface area contributed by atoms with Gasteiger partial charge in [-0.3, -0.25) is 4.79 Å². The highest BCUT2D eigenvalue weighted by molar-refractivity contribution is 5.98. The molecule has 1 aliphatic rings. The molecule has 0 saturated carbocycles. The lowest BCUT2D eigenvalue weighted by atomic mass is 10.1. The van der Waals surface area contributed by atoms with E-state index in [4.69, 9.17) is 0 Å². The van der Waals surface area contributed by atoms with Crippen LogP contribution in [0.15, 0.2) is 30.5 Å². The standard InChI is InChI=1S/C16H21N3O/c1-18(2)11-14-4-3-9-19(14)16(20)13-5-6-15-12(10-13)7-8-17-15/h5-8,10,14,17H,3-4,9,11H2,1-2H3. The quantitative estimate of drug-likeness (QED) is 0.930. The van der Waals surface area contributed by atoms with E-state index in [1.807, 2.05) is 35.4 Å². The second kappa shape index (κ2) is 5.29. The number of nitrogens with zero attached hydrogens (tertiary/aromatic N) is 2. The van der Waals surface area contributed by atoms with E-state index >= 15 is 0 Å². The van der Waals surface area contributed by atoms with Crippen LogP contribution in [0.25, 0.3) is 10.9 Å². The number of amides is 1. The lowest BCUT2D eigenvalue weighted by molar-refractivity contribution is 0.0716. The summed E-state index contributed by atoms with van der Waals surface area (Å²) < 4.78 is 0. The summed E-state index contributed by atoms with van der Waals surface area (Å²) in [7, 11) is 4.12. The van der Waals surface area contributed by atoms with Crippen LogP contribution in [-0.4, -0.2) is 53.9 Å². The minimum atomic E-state index is 0.164. The molecule has 0 aliphatic carbocycles. The third-order valence-electron chi connectivity index (χ3n) is 4.01. The molecule has 2 aromatic rings. The Kier molecular flexibility index (Phi) is 3.49. The first-order valence-electron chi connectivity index (χ1n) is 7.18. The molecule has 20 heavy (non-hydrogen) atoms. The number of hydrogen-bond acceptors (Lipinski definition) is 2. The van der Waals surface area contributed by atoms with Crippen molar-refractivity contribution in [2.75, 3.05) is 27.2 Å². The Morgan fingerprint density at radius 3 is 3.05 bits per heavy atom. The number of aromatic nitrogens is 1. The summed E-state index contributed by atoms with van der Waals surface area (Å²) in [6.45, 7) is 1.82. The van der Waals surface area contributed by atoms with Gasteiger partial charge >= 0.3 is 0 Å². The van der Waals surface area contributed by atoms with E-state index in [0.717, 1.165) is 42.4 Å². The maximum Gasteiger partial charge on any atom is 0.254 e. The lowest BCUT2D eigenvalue weighted by Gasteiger charge is -2.27. The van der Waals surface area contributed by atoms with Crippen molar-refractivity contribution in [1.29, 1.82) is 0 Å². The van der Waals surface area contributed by atoms with Crippen molar-refractivity contribution < 1.29 is 4.79 Å². The van der Waals surface area contributed by atoms with Crippen LogP contribution >= 0.6 is 0 Å². The summed E-state index contributed by atoms with van der Waals surface area (Å²) in [6, 6.07) is 8.25. The van der Waals surface area contributed by atoms with Crippen LogP contribution in [0.4, 0.5) is 0 Å². The van der Waals surface area contributed by atoms with Gasteiger partial charge < -0.3 is 14.8 Å². The van der Waals surface area contributed by atoms with E-state index in [-0.39, 0.29) is 5.91 Å². The van der Waals surface area contributed by atoms with Gasteiger partial charge in [-0.05, 0) is 51.2 Å². The predicted molar refractivity (Wildman–Crippen MR) is 80.9 cm³/mol. The smallest absolute Gasteiger partial charge is 0.254 e. The molecule has 1 saturated heterocycles. The minimum Gasteiger partial charge on any atom is -0.361 e. The molecule has 0 bridgehead atoms. The monoisotopic (exact) mass is 271 g/mol. The number of fused-ring (bicyclic) bond motifs is 1. The summed E-state index contributed by atoms with van der Waals surface area (Å²) >= 11 is 0. The van der Waals surface area contributed by atoms with Crippen LogP contribution in [0.3, 0.4) is 0 Å². The maximum absolute atomic E-state index is 12.7. The normalized spacial score (nSPS) is 19.1. The van der Waals surface area contributed by atoms with Gasteiger partial charge in [0, 0.05) is 41.8 Å². The zero-order valence-corrected chi connectivity index (χ0v) is 12.1. The molecule has 1 N–H and O–H groups in total. The molecule has 1 fully saturated rings. The van der Waals surface area contributed by atoms with Crippen molar-refractivity contribution in [3.05, 3.63) is 36.0 Å². The fraction of sp³-hybridized carbons (Fsp3) is 0.438. The number of carbonyl (C=O) groups is 1. The molecule has 2 heterocycles. The number of nitrogens with one attached hydrogen (secondary N) is 1. The van der Waals surface area contributed by atoms with E-state index < -0.39 is 0 Å². The molecule has 1 atom stereocenters. The van der Waals surface area contributed by atoms with Gasteiger partial charge in [-0.1, -0.05) is 0 Å². The number of aromatic amines is 1. The van der Waals surface area contributed by atoms with Crippen molar-refractivity contribution in [2.45, 2.75) is 18.9 Å². The Morgan fingerprint density at radius 1 is 1.40 bits per heavy atom. The van der Waals surface area contributed by atoms with E-state index in [1.165, 1.54) is 0 Å². The molecular weight excluding hydrogens is 250 g/mol. The highest BCUT2D eigenvalue weighted by Crippen LogP contribution is 2.22. The molecule has 1 aromatic heterocycles. The molecule has 1 amide bonds. The van der Waals surface area contributed by atoms with E-state index in [2.05, 4.69) is 24.0 Å². The molecule has 1 unspecified atom stereocenters. The second-order valence-electron chi connectivity index (χ2n) is 5.84. The van der Waals surface area contributed by atoms with Crippen LogP contribution < -0.4 is 0 Å². The number of benzene rings is 1. The fourth-order valence-electron chi connectivity index (χ4n) is 3.07. The van der Waals surface area contributed by atoms with Crippen molar-refractivity contribution in [3.63, 3.8) is 0 Å². The molecule has 4 nitrogen and oxygen atoms in total. The van der Waals surface area contributed by atoms with Crippen molar-refractivity contribution >= 4 is 16.8 Å². The first kappa shape index (κ1) is 13.2.